The fourth-order valence-corrected chi connectivity index (χ4v) is 2.20. The van der Waals surface area contributed by atoms with Gasteiger partial charge in [-0.3, -0.25) is 0 Å². The van der Waals surface area contributed by atoms with Gasteiger partial charge in [0.25, 0.3) is 0 Å². The summed E-state index contributed by atoms with van der Waals surface area (Å²) in [6.07, 6.45) is 0. The van der Waals surface area contributed by atoms with Gasteiger partial charge in [-0.15, -0.1) is 0 Å². The molecule has 0 aliphatic heterocycles. The van der Waals surface area contributed by atoms with Crippen molar-refractivity contribution in [2.45, 2.75) is 13.5 Å². The number of rotatable bonds is 6. The molecule has 0 unspecified atom stereocenters. The van der Waals surface area contributed by atoms with E-state index in [2.05, 4.69) is 5.16 Å². The molecule has 0 radical (unpaired) electrons. The number of carbonyl (C=O) groups is 1. The highest BCUT2D eigenvalue weighted by Crippen LogP contribution is 2.20. The van der Waals surface area contributed by atoms with Crippen LogP contribution >= 0.6 is 0 Å². The van der Waals surface area contributed by atoms with Crippen LogP contribution in [0.4, 0.5) is 0 Å². The third-order valence-electron chi connectivity index (χ3n) is 3.37. The van der Waals surface area contributed by atoms with Crippen molar-refractivity contribution >= 4 is 5.97 Å². The maximum absolute atomic E-state index is 12.0. The predicted octanol–water partition coefficient (Wildman–Crippen LogP) is 4.10. The molecule has 3 rings (SSSR count). The van der Waals surface area contributed by atoms with Gasteiger partial charge in [-0.05, 0) is 31.2 Å². The van der Waals surface area contributed by atoms with E-state index < -0.39 is 5.97 Å². The zero-order valence-electron chi connectivity index (χ0n) is 13.3. The van der Waals surface area contributed by atoms with Crippen LogP contribution in [0.25, 0.3) is 11.3 Å². The summed E-state index contributed by atoms with van der Waals surface area (Å²) in [6, 6.07) is 18.2. The molecule has 24 heavy (non-hydrogen) atoms. The van der Waals surface area contributed by atoms with E-state index in [0.29, 0.717) is 23.6 Å². The molecule has 1 heterocycles. The lowest BCUT2D eigenvalue weighted by molar-refractivity contribution is 0.0464. The molecule has 0 atom stereocenters. The number of esters is 1. The van der Waals surface area contributed by atoms with Crippen LogP contribution in [0.3, 0.4) is 0 Å². The van der Waals surface area contributed by atoms with E-state index >= 15 is 0 Å². The summed E-state index contributed by atoms with van der Waals surface area (Å²) >= 11 is 0. The average molecular weight is 323 g/mol. The summed E-state index contributed by atoms with van der Waals surface area (Å²) in [7, 11) is 0. The Hall–Kier alpha value is -3.08. The van der Waals surface area contributed by atoms with Gasteiger partial charge < -0.3 is 14.0 Å². The van der Waals surface area contributed by atoms with Gasteiger partial charge >= 0.3 is 5.97 Å². The van der Waals surface area contributed by atoms with E-state index in [1.807, 2.05) is 37.3 Å². The number of benzene rings is 2. The standard InChI is InChI=1S/C19H17NO4/c1-2-22-17-10-8-15(9-11-17)19(21)23-13-16-12-18(24-20-16)14-6-4-3-5-7-14/h3-12H,2,13H2,1H3. The fraction of sp³-hybridized carbons (Fsp3) is 0.158. The topological polar surface area (TPSA) is 61.6 Å². The van der Waals surface area contributed by atoms with Gasteiger partial charge in [0.1, 0.15) is 18.1 Å². The van der Waals surface area contributed by atoms with Gasteiger partial charge in [0.05, 0.1) is 12.2 Å². The minimum atomic E-state index is -0.415. The van der Waals surface area contributed by atoms with Gasteiger partial charge in [-0.25, -0.2) is 4.79 Å². The minimum Gasteiger partial charge on any atom is -0.494 e. The van der Waals surface area contributed by atoms with Gasteiger partial charge in [-0.2, -0.15) is 0 Å². The number of aromatic nitrogens is 1. The fourth-order valence-electron chi connectivity index (χ4n) is 2.20. The SMILES string of the molecule is CCOc1ccc(C(=O)OCc2cc(-c3ccccc3)on2)cc1. The highest BCUT2D eigenvalue weighted by Gasteiger charge is 2.11. The average Bonchev–Trinajstić information content (AvgIpc) is 3.10. The van der Waals surface area contributed by atoms with Crippen LogP contribution in [-0.2, 0) is 11.3 Å². The van der Waals surface area contributed by atoms with Crippen molar-refractivity contribution in [1.82, 2.24) is 5.16 Å². The van der Waals surface area contributed by atoms with Crippen LogP contribution in [0.1, 0.15) is 23.0 Å². The summed E-state index contributed by atoms with van der Waals surface area (Å²) < 4.78 is 15.9. The zero-order chi connectivity index (χ0) is 16.8. The molecule has 0 aliphatic rings. The second-order valence-corrected chi connectivity index (χ2v) is 5.08. The van der Waals surface area contributed by atoms with Crippen LogP contribution < -0.4 is 4.74 Å². The van der Waals surface area contributed by atoms with Crippen molar-refractivity contribution < 1.29 is 18.8 Å². The molecular weight excluding hydrogens is 306 g/mol. The predicted molar refractivity (Wildman–Crippen MR) is 88.7 cm³/mol. The first-order valence-electron chi connectivity index (χ1n) is 7.67. The van der Waals surface area contributed by atoms with Crippen LogP contribution in [0.2, 0.25) is 0 Å². The molecule has 1 aromatic heterocycles. The molecule has 2 aromatic carbocycles. The molecule has 0 aliphatic carbocycles. The van der Waals surface area contributed by atoms with Crippen molar-refractivity contribution in [2.24, 2.45) is 0 Å². The van der Waals surface area contributed by atoms with Gasteiger partial charge in [-0.1, -0.05) is 35.5 Å². The Morgan fingerprint density at radius 3 is 2.54 bits per heavy atom. The third kappa shape index (κ3) is 3.81. The number of hydrogen-bond acceptors (Lipinski definition) is 5. The van der Waals surface area contributed by atoms with Crippen molar-refractivity contribution in [1.29, 1.82) is 0 Å². The molecule has 0 saturated heterocycles. The molecule has 5 nitrogen and oxygen atoms in total. The maximum atomic E-state index is 12.0. The van der Waals surface area contributed by atoms with Crippen LogP contribution in [0.15, 0.2) is 65.2 Å². The van der Waals surface area contributed by atoms with Gasteiger partial charge in [0, 0.05) is 11.6 Å². The molecule has 122 valence electrons. The lowest BCUT2D eigenvalue weighted by atomic mass is 10.2. The summed E-state index contributed by atoms with van der Waals surface area (Å²) in [5.41, 5.74) is 1.95. The minimum absolute atomic E-state index is 0.0579. The Morgan fingerprint density at radius 1 is 1.08 bits per heavy atom. The van der Waals surface area contributed by atoms with Crippen molar-refractivity contribution in [3.8, 4) is 17.1 Å². The third-order valence-corrected chi connectivity index (χ3v) is 3.37. The van der Waals surface area contributed by atoms with Crippen LogP contribution in [-0.4, -0.2) is 17.7 Å². The number of carbonyl (C=O) groups excluding carboxylic acids is 1. The second-order valence-electron chi connectivity index (χ2n) is 5.08. The highest BCUT2D eigenvalue weighted by molar-refractivity contribution is 5.89. The van der Waals surface area contributed by atoms with E-state index in [4.69, 9.17) is 14.0 Å². The first-order chi connectivity index (χ1) is 11.8. The lowest BCUT2D eigenvalue weighted by Gasteiger charge is -2.05. The largest absolute Gasteiger partial charge is 0.494 e. The van der Waals surface area contributed by atoms with E-state index in [1.54, 1.807) is 30.3 Å². The molecule has 0 fully saturated rings. The van der Waals surface area contributed by atoms with Crippen LogP contribution in [0, 0.1) is 0 Å². The Morgan fingerprint density at radius 2 is 1.83 bits per heavy atom. The summed E-state index contributed by atoms with van der Waals surface area (Å²) in [5.74, 6) is 0.947. The second kappa shape index (κ2) is 7.46. The van der Waals surface area contributed by atoms with Crippen molar-refractivity contribution in [3.05, 3.63) is 71.9 Å². The number of ether oxygens (including phenoxy) is 2. The molecular formula is C19H17NO4. The Bertz CT molecular complexity index is 794. The first-order valence-corrected chi connectivity index (χ1v) is 7.67. The maximum Gasteiger partial charge on any atom is 0.338 e. The Labute approximate surface area is 139 Å². The molecule has 3 aromatic rings. The van der Waals surface area contributed by atoms with Gasteiger partial charge in [0.2, 0.25) is 0 Å². The zero-order valence-corrected chi connectivity index (χ0v) is 13.3. The quantitative estimate of drug-likeness (QED) is 0.639. The van der Waals surface area contributed by atoms with Crippen LogP contribution in [0.5, 0.6) is 5.75 Å². The van der Waals surface area contributed by atoms with E-state index in [1.165, 1.54) is 0 Å². The van der Waals surface area contributed by atoms with Crippen molar-refractivity contribution in [3.63, 3.8) is 0 Å². The smallest absolute Gasteiger partial charge is 0.338 e. The summed E-state index contributed by atoms with van der Waals surface area (Å²) in [5, 5.41) is 3.92. The molecule has 0 saturated carbocycles. The summed E-state index contributed by atoms with van der Waals surface area (Å²) in [4.78, 5) is 12.0. The number of hydrogen-bond donors (Lipinski definition) is 0. The first kappa shape index (κ1) is 15.8. The van der Waals surface area contributed by atoms with Crippen molar-refractivity contribution in [2.75, 3.05) is 6.61 Å². The lowest BCUT2D eigenvalue weighted by Crippen LogP contribution is -2.05. The Kier molecular flexibility index (Phi) is 4.91. The molecule has 0 N–H and O–H groups in total. The monoisotopic (exact) mass is 323 g/mol. The Balaban J connectivity index is 1.59. The molecule has 0 amide bonds. The molecule has 0 spiro atoms. The summed E-state index contributed by atoms with van der Waals surface area (Å²) in [6.45, 7) is 2.55. The van der Waals surface area contributed by atoms with E-state index in [0.717, 1.165) is 11.3 Å². The molecule has 0 bridgehead atoms. The normalized spacial score (nSPS) is 10.4. The van der Waals surface area contributed by atoms with E-state index in [-0.39, 0.29) is 6.61 Å². The number of nitrogens with zero attached hydrogens (tertiary/aromatic N) is 1. The van der Waals surface area contributed by atoms with Gasteiger partial charge in [0.15, 0.2) is 5.76 Å². The highest BCUT2D eigenvalue weighted by atomic mass is 16.5. The molecule has 5 heteroatoms. The van der Waals surface area contributed by atoms with E-state index in [9.17, 15) is 4.79 Å².